The fourth-order valence-electron chi connectivity index (χ4n) is 2.24. The van der Waals surface area contributed by atoms with Crippen molar-refractivity contribution in [3.05, 3.63) is 0 Å². The van der Waals surface area contributed by atoms with Gasteiger partial charge in [-0.3, -0.25) is 4.79 Å². The first-order valence-corrected chi connectivity index (χ1v) is 6.21. The van der Waals surface area contributed by atoms with Gasteiger partial charge in [-0.2, -0.15) is 0 Å². The van der Waals surface area contributed by atoms with Crippen molar-refractivity contribution in [3.63, 3.8) is 0 Å². The van der Waals surface area contributed by atoms with E-state index in [-0.39, 0.29) is 12.0 Å². The van der Waals surface area contributed by atoms with Crippen LogP contribution in [0.15, 0.2) is 0 Å². The summed E-state index contributed by atoms with van der Waals surface area (Å²) in [5, 5.41) is 2.99. The van der Waals surface area contributed by atoms with Gasteiger partial charge in [0, 0.05) is 20.2 Å². The fourth-order valence-corrected chi connectivity index (χ4v) is 2.24. The van der Waals surface area contributed by atoms with E-state index in [1.54, 1.807) is 14.2 Å². The number of methoxy groups -OCH3 is 2. The molecule has 1 aliphatic rings. The van der Waals surface area contributed by atoms with Crippen molar-refractivity contribution in [3.8, 4) is 0 Å². The van der Waals surface area contributed by atoms with Crippen LogP contribution in [0.25, 0.3) is 0 Å². The average molecular weight is 244 g/mol. The minimum atomic E-state index is -0.206. The van der Waals surface area contributed by atoms with E-state index in [9.17, 15) is 4.79 Å². The Balaban J connectivity index is 2.30. The first kappa shape index (κ1) is 14.4. The van der Waals surface area contributed by atoms with Crippen LogP contribution in [0.5, 0.6) is 0 Å². The van der Waals surface area contributed by atoms with Crippen molar-refractivity contribution >= 4 is 5.97 Å². The van der Waals surface area contributed by atoms with Crippen LogP contribution in [0.3, 0.4) is 0 Å². The Morgan fingerprint density at radius 2 is 2.29 bits per heavy atom. The zero-order valence-corrected chi connectivity index (χ0v) is 11.1. The van der Waals surface area contributed by atoms with Crippen molar-refractivity contribution in [1.29, 1.82) is 0 Å². The maximum atomic E-state index is 11.4. The van der Waals surface area contributed by atoms with E-state index >= 15 is 0 Å². The van der Waals surface area contributed by atoms with E-state index in [0.29, 0.717) is 6.10 Å². The van der Waals surface area contributed by atoms with Crippen molar-refractivity contribution < 1.29 is 14.3 Å². The van der Waals surface area contributed by atoms with E-state index < -0.39 is 0 Å². The minimum absolute atomic E-state index is 0.187. The number of carbonyl (C=O) groups is 1. The van der Waals surface area contributed by atoms with Gasteiger partial charge in [0.1, 0.15) is 6.04 Å². The molecule has 2 atom stereocenters. The van der Waals surface area contributed by atoms with Crippen LogP contribution in [-0.4, -0.2) is 63.9 Å². The van der Waals surface area contributed by atoms with Gasteiger partial charge in [0.05, 0.1) is 13.2 Å². The van der Waals surface area contributed by atoms with Crippen LogP contribution in [0.2, 0.25) is 0 Å². The van der Waals surface area contributed by atoms with Gasteiger partial charge in [-0.05, 0) is 32.9 Å². The Hall–Kier alpha value is -0.650. The number of esters is 1. The Morgan fingerprint density at radius 3 is 2.88 bits per heavy atom. The number of likely N-dealkylation sites (N-methyl/N-ethyl adjacent to an activating group) is 1. The molecule has 2 unspecified atom stereocenters. The number of hydrogen-bond donors (Lipinski definition) is 1. The normalized spacial score (nSPS) is 23.4. The molecule has 1 rings (SSSR count). The summed E-state index contributed by atoms with van der Waals surface area (Å²) >= 11 is 0. The van der Waals surface area contributed by atoms with Crippen LogP contribution >= 0.6 is 0 Å². The van der Waals surface area contributed by atoms with E-state index in [1.165, 1.54) is 13.5 Å². The summed E-state index contributed by atoms with van der Waals surface area (Å²) in [5.41, 5.74) is 0. The molecule has 5 nitrogen and oxygen atoms in total. The van der Waals surface area contributed by atoms with Gasteiger partial charge in [0.25, 0.3) is 0 Å². The van der Waals surface area contributed by atoms with Crippen molar-refractivity contribution in [1.82, 2.24) is 10.2 Å². The molecule has 0 aromatic carbocycles. The van der Waals surface area contributed by atoms with E-state index in [0.717, 1.165) is 32.5 Å². The lowest BCUT2D eigenvalue weighted by molar-refractivity contribution is -0.143. The second-order valence-corrected chi connectivity index (χ2v) is 4.45. The van der Waals surface area contributed by atoms with E-state index in [4.69, 9.17) is 9.47 Å². The highest BCUT2D eigenvalue weighted by molar-refractivity contribution is 5.75. The summed E-state index contributed by atoms with van der Waals surface area (Å²) in [4.78, 5) is 13.8. The largest absolute Gasteiger partial charge is 0.468 e. The lowest BCUT2D eigenvalue weighted by Gasteiger charge is -2.32. The number of nitrogens with zero attached hydrogens (tertiary/aromatic N) is 1. The van der Waals surface area contributed by atoms with Crippen molar-refractivity contribution in [2.45, 2.75) is 31.4 Å². The zero-order chi connectivity index (χ0) is 12.7. The Kier molecular flexibility index (Phi) is 6.47. The highest BCUT2D eigenvalue weighted by Crippen LogP contribution is 2.13. The second-order valence-electron chi connectivity index (χ2n) is 4.45. The number of likely N-dealkylation sites (tertiary alicyclic amines) is 1. The zero-order valence-electron chi connectivity index (χ0n) is 11.1. The van der Waals surface area contributed by atoms with E-state index in [1.807, 2.05) is 0 Å². The molecule has 0 aliphatic carbocycles. The Morgan fingerprint density at radius 1 is 1.53 bits per heavy atom. The molecule has 1 aliphatic heterocycles. The predicted octanol–water partition coefficient (Wildman–Crippen LogP) is 0.248. The molecule has 100 valence electrons. The monoisotopic (exact) mass is 244 g/mol. The SMILES string of the molecule is CNC(CCN1CCCC(OC)C1)C(=O)OC. The summed E-state index contributed by atoms with van der Waals surface area (Å²) in [5.74, 6) is -0.187. The number of rotatable bonds is 6. The maximum Gasteiger partial charge on any atom is 0.322 e. The first-order chi connectivity index (χ1) is 8.21. The fraction of sp³-hybridized carbons (Fsp3) is 0.917. The molecule has 0 aromatic rings. The van der Waals surface area contributed by atoms with Crippen LogP contribution in [-0.2, 0) is 14.3 Å². The quantitative estimate of drug-likeness (QED) is 0.679. The van der Waals surface area contributed by atoms with Crippen molar-refractivity contribution in [2.24, 2.45) is 0 Å². The van der Waals surface area contributed by atoms with Crippen LogP contribution in [0.4, 0.5) is 0 Å². The van der Waals surface area contributed by atoms with Crippen LogP contribution in [0, 0.1) is 0 Å². The van der Waals surface area contributed by atoms with Gasteiger partial charge in [0.15, 0.2) is 0 Å². The number of carbonyl (C=O) groups excluding carboxylic acids is 1. The number of piperidine rings is 1. The summed E-state index contributed by atoms with van der Waals surface area (Å²) in [7, 11) is 4.98. The molecule has 0 bridgehead atoms. The summed E-state index contributed by atoms with van der Waals surface area (Å²) < 4.78 is 10.1. The molecule has 0 aromatic heterocycles. The van der Waals surface area contributed by atoms with Gasteiger partial charge in [0.2, 0.25) is 0 Å². The van der Waals surface area contributed by atoms with Crippen LogP contribution in [0.1, 0.15) is 19.3 Å². The third-order valence-corrected chi connectivity index (χ3v) is 3.36. The molecule has 1 fully saturated rings. The molecule has 0 radical (unpaired) electrons. The standard InChI is InChI=1S/C12H24N2O3/c1-13-11(12(15)17-3)6-8-14-7-4-5-10(9-14)16-2/h10-11,13H,4-9H2,1-3H3. The lowest BCUT2D eigenvalue weighted by atomic mass is 10.1. The van der Waals surface area contributed by atoms with Gasteiger partial charge in [-0.1, -0.05) is 0 Å². The molecule has 0 saturated carbocycles. The summed E-state index contributed by atoms with van der Waals surface area (Å²) in [6.45, 7) is 2.96. The summed E-state index contributed by atoms with van der Waals surface area (Å²) in [6.07, 6.45) is 3.43. The number of hydrogen-bond acceptors (Lipinski definition) is 5. The molecule has 1 saturated heterocycles. The smallest absolute Gasteiger partial charge is 0.322 e. The van der Waals surface area contributed by atoms with E-state index in [2.05, 4.69) is 10.2 Å². The number of ether oxygens (including phenoxy) is 2. The minimum Gasteiger partial charge on any atom is -0.468 e. The maximum absolute atomic E-state index is 11.4. The molecule has 5 heteroatoms. The molecule has 0 spiro atoms. The average Bonchev–Trinajstić information content (AvgIpc) is 2.39. The molecule has 1 heterocycles. The van der Waals surface area contributed by atoms with Gasteiger partial charge in [-0.25, -0.2) is 0 Å². The van der Waals surface area contributed by atoms with Gasteiger partial charge in [-0.15, -0.1) is 0 Å². The van der Waals surface area contributed by atoms with Crippen molar-refractivity contribution in [2.75, 3.05) is 40.9 Å². The highest BCUT2D eigenvalue weighted by Gasteiger charge is 2.22. The predicted molar refractivity (Wildman–Crippen MR) is 66.0 cm³/mol. The molecular weight excluding hydrogens is 220 g/mol. The highest BCUT2D eigenvalue weighted by atomic mass is 16.5. The molecule has 1 N–H and O–H groups in total. The van der Waals surface area contributed by atoms with Crippen LogP contribution < -0.4 is 5.32 Å². The molecule has 17 heavy (non-hydrogen) atoms. The van der Waals surface area contributed by atoms with Gasteiger partial charge >= 0.3 is 5.97 Å². The number of nitrogens with one attached hydrogen (secondary N) is 1. The second kappa shape index (κ2) is 7.63. The summed E-state index contributed by atoms with van der Waals surface area (Å²) in [6, 6.07) is -0.206. The third kappa shape index (κ3) is 4.61. The third-order valence-electron chi connectivity index (χ3n) is 3.36. The first-order valence-electron chi connectivity index (χ1n) is 6.21. The molecular formula is C12H24N2O3. The topological polar surface area (TPSA) is 50.8 Å². The Labute approximate surface area is 103 Å². The lowest BCUT2D eigenvalue weighted by Crippen LogP contribution is -2.43. The van der Waals surface area contributed by atoms with Gasteiger partial charge < -0.3 is 19.7 Å². The molecule has 0 amide bonds. The Bertz CT molecular complexity index is 236.